The third-order valence-corrected chi connectivity index (χ3v) is 8.50. The van der Waals surface area contributed by atoms with Gasteiger partial charge in [-0.05, 0) is 48.7 Å². The molecular weight excluding hydrogens is 472 g/mol. The van der Waals surface area contributed by atoms with Crippen LogP contribution in [0.2, 0.25) is 0 Å². The molecule has 16 heteroatoms. The molecule has 14 nitrogen and oxygen atoms in total. The van der Waals surface area contributed by atoms with Crippen molar-refractivity contribution in [2.24, 2.45) is 16.0 Å². The molecule has 3 atom stereocenters. The van der Waals surface area contributed by atoms with Gasteiger partial charge in [-0.2, -0.15) is 5.21 Å². The number of nitrogens with two attached hydrogens (primary N) is 4. The third kappa shape index (κ3) is 4.16. The van der Waals surface area contributed by atoms with Crippen molar-refractivity contribution in [1.29, 1.82) is 0 Å². The number of H-pyrrole nitrogens is 1. The summed E-state index contributed by atoms with van der Waals surface area (Å²) in [5.41, 5.74) is 10.4. The Labute approximate surface area is 190 Å². The van der Waals surface area contributed by atoms with Crippen LogP contribution in [0.5, 0.6) is 0 Å². The molecule has 1 aliphatic carbocycles. The largest absolute Gasteiger partial charge is 0.384 e. The lowest BCUT2D eigenvalue weighted by atomic mass is 9.64. The summed E-state index contributed by atoms with van der Waals surface area (Å²) in [5, 5.41) is 26.4. The van der Waals surface area contributed by atoms with Gasteiger partial charge in [0.2, 0.25) is 20.0 Å². The zero-order chi connectivity index (χ0) is 24.1. The molecule has 0 amide bonds. The van der Waals surface area contributed by atoms with Gasteiger partial charge < -0.3 is 16.8 Å². The van der Waals surface area contributed by atoms with Crippen molar-refractivity contribution in [3.05, 3.63) is 46.8 Å². The van der Waals surface area contributed by atoms with E-state index in [1.165, 1.54) is 18.3 Å². The number of anilines is 1. The first-order valence-corrected chi connectivity index (χ1v) is 12.9. The van der Waals surface area contributed by atoms with Crippen LogP contribution in [0, 0.1) is 0 Å². The summed E-state index contributed by atoms with van der Waals surface area (Å²) in [5.74, 6) is 0.134. The summed E-state index contributed by atoms with van der Waals surface area (Å²) < 4.78 is 51.2. The van der Waals surface area contributed by atoms with E-state index >= 15 is 0 Å². The van der Waals surface area contributed by atoms with Gasteiger partial charge in [0.15, 0.2) is 5.82 Å². The molecule has 0 spiro atoms. The standard InChI is InChI=1S/C17H24N10O4S2/c18-13-4-1-10(7-23-13)11-2-3-12(32(20,28)29)14(33(21,30)31)17(11,15-24-26-27-25-15)8-16(19)5-6-22-9-16/h1-4,7,14,22H,5-6,8-9,19H2,(H2,18,23)(H2,20,28,29)(H2,21,30,31)(H,24,25,26,27)/t14-,16?,17?/m0/s1. The van der Waals surface area contributed by atoms with Crippen molar-refractivity contribution in [1.82, 2.24) is 30.9 Å². The van der Waals surface area contributed by atoms with E-state index in [-0.39, 0.29) is 18.1 Å². The zero-order valence-electron chi connectivity index (χ0n) is 17.3. The number of allylic oxidation sites excluding steroid dienone is 3. The first kappa shape index (κ1) is 23.4. The molecule has 1 saturated heterocycles. The normalized spacial score (nSPS) is 28.4. The van der Waals surface area contributed by atoms with Crippen LogP contribution in [0.1, 0.15) is 24.2 Å². The minimum atomic E-state index is -4.62. The molecule has 33 heavy (non-hydrogen) atoms. The second-order valence-electron chi connectivity index (χ2n) is 8.31. The highest BCUT2D eigenvalue weighted by Crippen LogP contribution is 2.52. The van der Waals surface area contributed by atoms with Gasteiger partial charge in [-0.25, -0.2) is 32.1 Å². The van der Waals surface area contributed by atoms with Gasteiger partial charge in [-0.15, -0.1) is 10.2 Å². The number of pyridine rings is 1. The van der Waals surface area contributed by atoms with Crippen LogP contribution in [0.25, 0.3) is 5.57 Å². The number of sulfonamides is 2. The summed E-state index contributed by atoms with van der Waals surface area (Å²) in [6.45, 7) is 0.921. The van der Waals surface area contributed by atoms with Gasteiger partial charge in [-0.1, -0.05) is 11.3 Å². The Hall–Kier alpha value is -2.76. The second kappa shape index (κ2) is 7.93. The summed E-state index contributed by atoms with van der Waals surface area (Å²) in [7, 11) is -9.13. The molecule has 1 fully saturated rings. The van der Waals surface area contributed by atoms with Crippen LogP contribution in [-0.4, -0.2) is 66.3 Å². The molecule has 3 heterocycles. The lowest BCUT2D eigenvalue weighted by Gasteiger charge is -2.45. The van der Waals surface area contributed by atoms with Gasteiger partial charge in [-0.3, -0.25) is 0 Å². The number of hydrogen-bond donors (Lipinski definition) is 6. The zero-order valence-corrected chi connectivity index (χ0v) is 19.0. The highest BCUT2D eigenvalue weighted by Gasteiger charge is 2.59. The number of nitrogens with zero attached hydrogens (tertiary/aromatic N) is 4. The van der Waals surface area contributed by atoms with Gasteiger partial charge in [0.1, 0.15) is 11.1 Å². The van der Waals surface area contributed by atoms with Crippen LogP contribution in [0.15, 0.2) is 35.4 Å². The second-order valence-corrected chi connectivity index (χ2v) is 11.5. The number of primary sulfonamides is 2. The predicted molar refractivity (Wildman–Crippen MR) is 120 cm³/mol. The summed E-state index contributed by atoms with van der Waals surface area (Å²) in [6, 6.07) is 3.15. The number of tetrazole rings is 1. The molecule has 178 valence electrons. The van der Waals surface area contributed by atoms with E-state index in [0.717, 1.165) is 6.08 Å². The Bertz CT molecular complexity index is 1310. The van der Waals surface area contributed by atoms with E-state index in [2.05, 4.69) is 30.9 Å². The average molecular weight is 497 g/mol. The topological polar surface area (TPSA) is 252 Å². The highest BCUT2D eigenvalue weighted by molar-refractivity contribution is 7.96. The van der Waals surface area contributed by atoms with Gasteiger partial charge in [0, 0.05) is 18.3 Å². The Morgan fingerprint density at radius 2 is 1.91 bits per heavy atom. The number of aromatic nitrogens is 5. The molecule has 2 aromatic heterocycles. The number of nitrogens with one attached hydrogen (secondary N) is 2. The molecule has 0 saturated carbocycles. The maximum Gasteiger partial charge on any atom is 0.235 e. The predicted octanol–water partition coefficient (Wildman–Crippen LogP) is -2.58. The number of aromatic amines is 1. The van der Waals surface area contributed by atoms with Crippen molar-refractivity contribution in [2.75, 3.05) is 18.8 Å². The summed E-state index contributed by atoms with van der Waals surface area (Å²) in [4.78, 5) is 3.49. The Morgan fingerprint density at radius 1 is 1.15 bits per heavy atom. The molecule has 2 aromatic rings. The van der Waals surface area contributed by atoms with Crippen molar-refractivity contribution < 1.29 is 16.8 Å². The minimum Gasteiger partial charge on any atom is -0.384 e. The number of hydrogen-bond acceptors (Lipinski definition) is 11. The first-order valence-electron chi connectivity index (χ1n) is 9.79. The van der Waals surface area contributed by atoms with Crippen LogP contribution in [0.4, 0.5) is 5.82 Å². The maximum atomic E-state index is 13.1. The number of rotatable bonds is 6. The molecule has 0 bridgehead atoms. The molecule has 1 aliphatic heterocycles. The van der Waals surface area contributed by atoms with Gasteiger partial charge in [0.05, 0.1) is 10.3 Å². The van der Waals surface area contributed by atoms with Crippen molar-refractivity contribution in [3.63, 3.8) is 0 Å². The fraction of sp³-hybridized carbons (Fsp3) is 0.412. The van der Waals surface area contributed by atoms with E-state index in [0.29, 0.717) is 30.6 Å². The average Bonchev–Trinajstić information content (AvgIpc) is 3.39. The van der Waals surface area contributed by atoms with Crippen molar-refractivity contribution in [3.8, 4) is 0 Å². The maximum absolute atomic E-state index is 13.1. The first-order chi connectivity index (χ1) is 15.4. The molecule has 2 aliphatic rings. The fourth-order valence-electron chi connectivity index (χ4n) is 4.72. The molecule has 10 N–H and O–H groups in total. The van der Waals surface area contributed by atoms with Crippen LogP contribution >= 0.6 is 0 Å². The molecular formula is C17H24N10O4S2. The molecule has 2 unspecified atom stereocenters. The third-order valence-electron chi connectivity index (χ3n) is 6.01. The van der Waals surface area contributed by atoms with E-state index in [9.17, 15) is 16.8 Å². The SMILES string of the molecule is Nc1ccc(C2=CC=C(S(N)(=O)=O)[C@H](S(N)(=O)=O)C2(CC2(N)CCNC2)c2nn[nH]n2)cn1. The summed E-state index contributed by atoms with van der Waals surface area (Å²) >= 11 is 0. The van der Waals surface area contributed by atoms with Gasteiger partial charge >= 0.3 is 0 Å². The summed E-state index contributed by atoms with van der Waals surface area (Å²) in [6.07, 6.45) is 4.38. The Morgan fingerprint density at radius 3 is 2.42 bits per heavy atom. The lowest BCUT2D eigenvalue weighted by Crippen LogP contribution is -2.58. The lowest BCUT2D eigenvalue weighted by molar-refractivity contribution is 0.330. The number of nitrogen functional groups attached to an aromatic ring is 1. The van der Waals surface area contributed by atoms with E-state index < -0.39 is 41.2 Å². The Balaban J connectivity index is 2.11. The van der Waals surface area contributed by atoms with Gasteiger partial charge in [0.25, 0.3) is 0 Å². The van der Waals surface area contributed by atoms with Crippen molar-refractivity contribution >= 4 is 31.4 Å². The smallest absolute Gasteiger partial charge is 0.235 e. The quantitative estimate of drug-likeness (QED) is 0.242. The monoisotopic (exact) mass is 496 g/mol. The molecule has 0 radical (unpaired) electrons. The molecule has 4 rings (SSSR count). The van der Waals surface area contributed by atoms with Crippen LogP contribution in [0.3, 0.4) is 0 Å². The van der Waals surface area contributed by atoms with E-state index in [1.54, 1.807) is 6.07 Å². The van der Waals surface area contributed by atoms with E-state index in [4.69, 9.17) is 21.7 Å². The Kier molecular flexibility index (Phi) is 5.62. The highest BCUT2D eigenvalue weighted by atomic mass is 32.2. The fourth-order valence-corrected chi connectivity index (χ4v) is 7.56. The minimum absolute atomic E-state index is 0.0866. The van der Waals surface area contributed by atoms with Crippen LogP contribution < -0.4 is 27.1 Å². The van der Waals surface area contributed by atoms with E-state index in [1.807, 2.05) is 0 Å². The molecule has 0 aromatic carbocycles. The van der Waals surface area contributed by atoms with Crippen LogP contribution in [-0.2, 0) is 25.5 Å². The van der Waals surface area contributed by atoms with Crippen molar-refractivity contribution in [2.45, 2.75) is 29.0 Å².